The molecule has 0 saturated carbocycles. The Morgan fingerprint density at radius 1 is 0.862 bits per heavy atom. The maximum absolute atomic E-state index is 12.1. The molecule has 0 unspecified atom stereocenters. The van der Waals surface area contributed by atoms with Crippen LogP contribution in [-0.4, -0.2) is 5.11 Å². The first kappa shape index (κ1) is 17.5. The smallest absolute Gasteiger partial charge is 0.336 e. The fourth-order valence-electron chi connectivity index (χ4n) is 3.85. The molecule has 0 amide bonds. The highest BCUT2D eigenvalue weighted by molar-refractivity contribution is 6.11. The van der Waals surface area contributed by atoms with Crippen molar-refractivity contribution in [2.24, 2.45) is 0 Å². The predicted molar refractivity (Wildman–Crippen MR) is 113 cm³/mol. The molecular weight excluding hydrogens is 364 g/mol. The molecule has 0 bridgehead atoms. The summed E-state index contributed by atoms with van der Waals surface area (Å²) in [7, 11) is 0. The summed E-state index contributed by atoms with van der Waals surface area (Å²) in [5.74, 6) is 0.425. The summed E-state index contributed by atoms with van der Waals surface area (Å²) in [6, 6.07) is 24.3. The first-order chi connectivity index (χ1) is 14.1. The topological polar surface area (TPSA) is 63.6 Å². The number of aryl methyl sites for hydroxylation is 1. The molecule has 2 aromatic heterocycles. The van der Waals surface area contributed by atoms with Gasteiger partial charge in [0.1, 0.15) is 23.0 Å². The fraction of sp³-hybridized carbons (Fsp3) is 0.0800. The molecule has 2 heterocycles. The molecule has 0 aliphatic rings. The average molecular weight is 382 g/mol. The summed E-state index contributed by atoms with van der Waals surface area (Å²) in [6.45, 7) is 1.88. The first-order valence-electron chi connectivity index (χ1n) is 9.42. The van der Waals surface area contributed by atoms with E-state index in [1.165, 1.54) is 6.07 Å². The van der Waals surface area contributed by atoms with Crippen molar-refractivity contribution < 1.29 is 13.9 Å². The normalized spacial score (nSPS) is 12.5. The summed E-state index contributed by atoms with van der Waals surface area (Å²) in [6.07, 6.45) is -0.953. The second-order valence-corrected chi connectivity index (χ2v) is 7.08. The molecule has 1 N–H and O–H groups in total. The van der Waals surface area contributed by atoms with Crippen LogP contribution >= 0.6 is 0 Å². The number of hydrogen-bond acceptors (Lipinski definition) is 4. The minimum absolute atomic E-state index is 0.409. The molecule has 0 aliphatic carbocycles. The molecule has 3 aromatic carbocycles. The van der Waals surface area contributed by atoms with Crippen LogP contribution < -0.4 is 5.63 Å². The molecule has 29 heavy (non-hydrogen) atoms. The lowest BCUT2D eigenvalue weighted by molar-refractivity contribution is 0.193. The predicted octanol–water partition coefficient (Wildman–Crippen LogP) is 5.60. The van der Waals surface area contributed by atoms with Crippen LogP contribution in [0.1, 0.15) is 23.0 Å². The maximum atomic E-state index is 12.1. The van der Waals surface area contributed by atoms with E-state index in [0.717, 1.165) is 27.6 Å². The van der Waals surface area contributed by atoms with Gasteiger partial charge in [0.15, 0.2) is 0 Å². The third kappa shape index (κ3) is 2.85. The minimum Gasteiger partial charge on any atom is -0.457 e. The summed E-state index contributed by atoms with van der Waals surface area (Å²) >= 11 is 0. The van der Waals surface area contributed by atoms with E-state index in [9.17, 15) is 9.90 Å². The zero-order chi connectivity index (χ0) is 20.0. The Morgan fingerprint density at radius 2 is 1.55 bits per heavy atom. The third-order valence-corrected chi connectivity index (χ3v) is 5.22. The van der Waals surface area contributed by atoms with Crippen molar-refractivity contribution in [3.8, 4) is 11.1 Å². The number of benzene rings is 3. The number of furan rings is 1. The van der Waals surface area contributed by atoms with Crippen LogP contribution in [0.3, 0.4) is 0 Å². The number of rotatable bonds is 3. The van der Waals surface area contributed by atoms with Gasteiger partial charge in [-0.3, -0.25) is 0 Å². The highest BCUT2D eigenvalue weighted by atomic mass is 16.4. The zero-order valence-electron chi connectivity index (χ0n) is 15.8. The van der Waals surface area contributed by atoms with Gasteiger partial charge in [0.05, 0.1) is 5.39 Å². The largest absolute Gasteiger partial charge is 0.457 e. The van der Waals surface area contributed by atoms with E-state index < -0.39 is 11.7 Å². The molecule has 4 nitrogen and oxygen atoms in total. The van der Waals surface area contributed by atoms with Crippen molar-refractivity contribution in [1.29, 1.82) is 0 Å². The van der Waals surface area contributed by atoms with Gasteiger partial charge in [-0.05, 0) is 35.7 Å². The van der Waals surface area contributed by atoms with Gasteiger partial charge >= 0.3 is 5.63 Å². The van der Waals surface area contributed by atoms with Crippen molar-refractivity contribution >= 4 is 21.9 Å². The molecule has 5 aromatic rings. The van der Waals surface area contributed by atoms with Crippen molar-refractivity contribution in [1.82, 2.24) is 0 Å². The van der Waals surface area contributed by atoms with E-state index in [0.29, 0.717) is 22.3 Å². The zero-order valence-corrected chi connectivity index (χ0v) is 15.8. The average Bonchev–Trinajstić information content (AvgIpc) is 3.14. The van der Waals surface area contributed by atoms with Gasteiger partial charge in [-0.25, -0.2) is 4.79 Å². The van der Waals surface area contributed by atoms with E-state index in [1.807, 2.05) is 79.7 Å². The van der Waals surface area contributed by atoms with E-state index in [-0.39, 0.29) is 0 Å². The monoisotopic (exact) mass is 382 g/mol. The van der Waals surface area contributed by atoms with Crippen molar-refractivity contribution in [3.63, 3.8) is 0 Å². The van der Waals surface area contributed by atoms with Crippen molar-refractivity contribution in [2.45, 2.75) is 13.0 Å². The lowest BCUT2D eigenvalue weighted by Gasteiger charge is -2.11. The number of aliphatic hydroxyl groups excluding tert-OH is 1. The second-order valence-electron chi connectivity index (χ2n) is 7.08. The molecule has 0 spiro atoms. The molecule has 0 aliphatic heterocycles. The van der Waals surface area contributed by atoms with Crippen LogP contribution in [0.5, 0.6) is 0 Å². The molecule has 142 valence electrons. The minimum atomic E-state index is -0.953. The molecule has 0 fully saturated rings. The van der Waals surface area contributed by atoms with E-state index in [4.69, 9.17) is 8.83 Å². The van der Waals surface area contributed by atoms with E-state index >= 15 is 0 Å². The molecule has 1 atom stereocenters. The molecule has 0 radical (unpaired) electrons. The van der Waals surface area contributed by atoms with Crippen molar-refractivity contribution in [2.75, 3.05) is 0 Å². The summed E-state index contributed by atoms with van der Waals surface area (Å²) in [4.78, 5) is 12.1. The Bertz CT molecular complexity index is 1380. The van der Waals surface area contributed by atoms with Gasteiger partial charge < -0.3 is 13.9 Å². The summed E-state index contributed by atoms with van der Waals surface area (Å²) in [5, 5.41) is 12.7. The highest BCUT2D eigenvalue weighted by Crippen LogP contribution is 2.43. The number of aliphatic hydroxyl groups is 1. The molecule has 0 saturated heterocycles. The van der Waals surface area contributed by atoms with Gasteiger partial charge in [-0.2, -0.15) is 0 Å². The Morgan fingerprint density at radius 3 is 2.28 bits per heavy atom. The molecule has 4 heteroatoms. The second kappa shape index (κ2) is 6.76. The lowest BCUT2D eigenvalue weighted by Crippen LogP contribution is -2.00. The Hall–Kier alpha value is -3.63. The first-order valence-corrected chi connectivity index (χ1v) is 9.42. The summed E-state index contributed by atoms with van der Waals surface area (Å²) in [5.41, 5.74) is 3.81. The summed E-state index contributed by atoms with van der Waals surface area (Å²) < 4.78 is 11.8. The molecule has 5 rings (SSSR count). The van der Waals surface area contributed by atoms with Crippen LogP contribution in [-0.2, 0) is 0 Å². The fourth-order valence-corrected chi connectivity index (χ4v) is 3.85. The standard InChI is InChI=1S/C25H18O4/c1-15-14-20(26)29-24-18(15)12-13-19-22(24)21(16-8-4-2-5-9-16)25(28-19)23(27)17-10-6-3-7-11-17/h2-14,23,27H,1H3/t23-/m0/s1. The van der Waals surface area contributed by atoms with Crippen LogP contribution in [0.15, 0.2) is 92.5 Å². The molecular formula is C25H18O4. The van der Waals surface area contributed by atoms with Gasteiger partial charge in [-0.1, -0.05) is 60.7 Å². The Balaban J connectivity index is 1.91. The van der Waals surface area contributed by atoms with Crippen LogP contribution in [0, 0.1) is 6.92 Å². The van der Waals surface area contributed by atoms with Crippen LogP contribution in [0.25, 0.3) is 33.1 Å². The van der Waals surface area contributed by atoms with Crippen molar-refractivity contribution in [3.05, 3.63) is 106 Å². The highest BCUT2D eigenvalue weighted by Gasteiger charge is 2.26. The van der Waals surface area contributed by atoms with E-state index in [1.54, 1.807) is 0 Å². The van der Waals surface area contributed by atoms with Gasteiger partial charge in [0.2, 0.25) is 0 Å². The number of fused-ring (bicyclic) bond motifs is 3. The third-order valence-electron chi connectivity index (χ3n) is 5.22. The maximum Gasteiger partial charge on any atom is 0.336 e. The lowest BCUT2D eigenvalue weighted by atomic mass is 9.96. The van der Waals surface area contributed by atoms with Gasteiger partial charge in [0, 0.05) is 17.0 Å². The Kier molecular flexibility index (Phi) is 4.07. The quantitative estimate of drug-likeness (QED) is 0.413. The van der Waals surface area contributed by atoms with E-state index in [2.05, 4.69) is 0 Å². The Labute approximate surface area is 166 Å². The number of hydrogen-bond donors (Lipinski definition) is 1. The SMILES string of the molecule is Cc1cc(=O)oc2c1ccc1oc([C@@H](O)c3ccccc3)c(-c3ccccc3)c12. The van der Waals surface area contributed by atoms with Gasteiger partial charge in [-0.15, -0.1) is 0 Å². The van der Waals surface area contributed by atoms with Crippen LogP contribution in [0.4, 0.5) is 0 Å². The van der Waals surface area contributed by atoms with Gasteiger partial charge in [0.25, 0.3) is 0 Å². The van der Waals surface area contributed by atoms with Crippen LogP contribution in [0.2, 0.25) is 0 Å².